The van der Waals surface area contributed by atoms with Crippen LogP contribution >= 0.6 is 0 Å². The van der Waals surface area contributed by atoms with Crippen molar-refractivity contribution in [2.45, 2.75) is 20.3 Å². The minimum Gasteiger partial charge on any atom is -0.371 e. The lowest BCUT2D eigenvalue weighted by molar-refractivity contribution is 0.826. The molecule has 2 rings (SSSR count). The summed E-state index contributed by atoms with van der Waals surface area (Å²) in [5.41, 5.74) is 3.32. The Morgan fingerprint density at radius 3 is 2.76 bits per heavy atom. The van der Waals surface area contributed by atoms with Gasteiger partial charge in [-0.3, -0.25) is 0 Å². The monoisotopic (exact) mass is 282 g/mol. The van der Waals surface area contributed by atoms with Gasteiger partial charge in [0, 0.05) is 18.8 Å². The van der Waals surface area contributed by atoms with Gasteiger partial charge in [0.1, 0.15) is 12.7 Å². The molecule has 21 heavy (non-hydrogen) atoms. The van der Waals surface area contributed by atoms with E-state index >= 15 is 0 Å². The van der Waals surface area contributed by atoms with Crippen LogP contribution in [0.2, 0.25) is 0 Å². The maximum atomic E-state index is 8.71. The van der Waals surface area contributed by atoms with Crippen LogP contribution in [-0.2, 0) is 0 Å². The quantitative estimate of drug-likeness (QED) is 0.762. The van der Waals surface area contributed by atoms with E-state index in [1.54, 1.807) is 23.5 Å². The van der Waals surface area contributed by atoms with Crippen molar-refractivity contribution in [2.75, 3.05) is 18.0 Å². The lowest BCUT2D eigenvalue weighted by Crippen LogP contribution is -2.23. The SMILES string of the molecule is CCN(CCC#N)c1ccc(/C=N\n2cnnc2)c(C)c1. The molecule has 0 atom stereocenters. The molecule has 6 heteroatoms. The van der Waals surface area contributed by atoms with Crippen LogP contribution < -0.4 is 4.90 Å². The zero-order valence-corrected chi connectivity index (χ0v) is 12.3. The first-order valence-electron chi connectivity index (χ1n) is 6.86. The van der Waals surface area contributed by atoms with Crippen molar-refractivity contribution in [2.24, 2.45) is 5.10 Å². The fourth-order valence-electron chi connectivity index (χ4n) is 2.04. The number of aryl methyl sites for hydroxylation is 1. The molecule has 1 aromatic carbocycles. The van der Waals surface area contributed by atoms with E-state index in [0.29, 0.717) is 6.42 Å². The molecule has 1 aromatic heterocycles. The van der Waals surface area contributed by atoms with Gasteiger partial charge in [0.2, 0.25) is 0 Å². The summed E-state index contributed by atoms with van der Waals surface area (Å²) in [5, 5.41) is 20.4. The highest BCUT2D eigenvalue weighted by atomic mass is 15.4. The average molecular weight is 282 g/mol. The van der Waals surface area contributed by atoms with E-state index in [-0.39, 0.29) is 0 Å². The van der Waals surface area contributed by atoms with Gasteiger partial charge in [-0.2, -0.15) is 10.4 Å². The molecule has 0 amide bonds. The van der Waals surface area contributed by atoms with E-state index in [2.05, 4.69) is 52.2 Å². The Labute approximate surface area is 124 Å². The Balaban J connectivity index is 2.15. The molecule has 0 aliphatic carbocycles. The van der Waals surface area contributed by atoms with Crippen molar-refractivity contribution in [1.29, 1.82) is 5.26 Å². The summed E-state index contributed by atoms with van der Waals surface area (Å²) in [6.45, 7) is 5.78. The van der Waals surface area contributed by atoms with E-state index in [0.717, 1.165) is 29.9 Å². The zero-order chi connectivity index (χ0) is 15.1. The molecule has 0 unspecified atom stereocenters. The summed E-state index contributed by atoms with van der Waals surface area (Å²) in [4.78, 5) is 2.19. The molecule has 108 valence electrons. The van der Waals surface area contributed by atoms with Gasteiger partial charge in [-0.15, -0.1) is 10.2 Å². The largest absolute Gasteiger partial charge is 0.371 e. The van der Waals surface area contributed by atoms with Crippen molar-refractivity contribution >= 4 is 11.9 Å². The number of aromatic nitrogens is 3. The molecule has 0 saturated carbocycles. The third-order valence-corrected chi connectivity index (χ3v) is 3.23. The third kappa shape index (κ3) is 3.89. The van der Waals surface area contributed by atoms with Gasteiger partial charge in [0.15, 0.2) is 0 Å². The molecular weight excluding hydrogens is 264 g/mol. The van der Waals surface area contributed by atoms with Gasteiger partial charge in [0.25, 0.3) is 0 Å². The summed E-state index contributed by atoms with van der Waals surface area (Å²) < 4.78 is 1.55. The first-order chi connectivity index (χ1) is 10.2. The van der Waals surface area contributed by atoms with Crippen LogP contribution in [0.1, 0.15) is 24.5 Å². The zero-order valence-electron chi connectivity index (χ0n) is 12.3. The average Bonchev–Trinajstić information content (AvgIpc) is 3.00. The smallest absolute Gasteiger partial charge is 0.141 e. The summed E-state index contributed by atoms with van der Waals surface area (Å²) in [6, 6.07) is 8.40. The Kier molecular flexibility index (Phi) is 5.04. The molecule has 0 aliphatic heterocycles. The topological polar surface area (TPSA) is 70.1 Å². The van der Waals surface area contributed by atoms with Crippen LogP contribution in [0.3, 0.4) is 0 Å². The van der Waals surface area contributed by atoms with Crippen molar-refractivity contribution in [3.05, 3.63) is 42.0 Å². The van der Waals surface area contributed by atoms with E-state index in [1.807, 2.05) is 6.07 Å². The molecule has 0 fully saturated rings. The van der Waals surface area contributed by atoms with Gasteiger partial charge in [-0.25, -0.2) is 4.68 Å². The second-order valence-corrected chi connectivity index (χ2v) is 4.62. The van der Waals surface area contributed by atoms with Gasteiger partial charge < -0.3 is 4.90 Å². The Bertz CT molecular complexity index is 639. The second kappa shape index (κ2) is 7.20. The highest BCUT2D eigenvalue weighted by Gasteiger charge is 2.05. The minimum atomic E-state index is 0.531. The van der Waals surface area contributed by atoms with Gasteiger partial charge in [-0.1, -0.05) is 6.07 Å². The van der Waals surface area contributed by atoms with Crippen LogP contribution in [0.15, 0.2) is 36.0 Å². The molecule has 0 spiro atoms. The Morgan fingerprint density at radius 2 is 2.14 bits per heavy atom. The summed E-state index contributed by atoms with van der Waals surface area (Å²) in [5.74, 6) is 0. The van der Waals surface area contributed by atoms with Crippen molar-refractivity contribution in [3.63, 3.8) is 0 Å². The maximum Gasteiger partial charge on any atom is 0.141 e. The van der Waals surface area contributed by atoms with Gasteiger partial charge in [-0.05, 0) is 37.1 Å². The third-order valence-electron chi connectivity index (χ3n) is 3.23. The first kappa shape index (κ1) is 14.7. The summed E-state index contributed by atoms with van der Waals surface area (Å²) in [7, 11) is 0. The predicted molar refractivity (Wildman–Crippen MR) is 82.3 cm³/mol. The molecule has 0 N–H and O–H groups in total. The van der Waals surface area contributed by atoms with Crippen LogP contribution in [0, 0.1) is 18.3 Å². The molecule has 0 saturated heterocycles. The molecule has 0 bridgehead atoms. The number of nitriles is 1. The predicted octanol–water partition coefficient (Wildman–Crippen LogP) is 2.21. The van der Waals surface area contributed by atoms with Crippen LogP contribution in [0.5, 0.6) is 0 Å². The first-order valence-corrected chi connectivity index (χ1v) is 6.86. The minimum absolute atomic E-state index is 0.531. The lowest BCUT2D eigenvalue weighted by Gasteiger charge is -2.22. The maximum absolute atomic E-state index is 8.71. The number of rotatable bonds is 6. The fraction of sp³-hybridized carbons (Fsp3) is 0.333. The van der Waals surface area contributed by atoms with E-state index in [1.165, 1.54) is 0 Å². The fourth-order valence-corrected chi connectivity index (χ4v) is 2.04. The number of anilines is 1. The lowest BCUT2D eigenvalue weighted by atomic mass is 10.1. The van der Waals surface area contributed by atoms with Gasteiger partial charge in [0.05, 0.1) is 18.7 Å². The summed E-state index contributed by atoms with van der Waals surface area (Å²) in [6.07, 6.45) is 5.40. The van der Waals surface area contributed by atoms with Crippen LogP contribution in [0.4, 0.5) is 5.69 Å². The van der Waals surface area contributed by atoms with Crippen molar-refractivity contribution in [1.82, 2.24) is 14.9 Å². The second-order valence-electron chi connectivity index (χ2n) is 4.62. The number of hydrogen-bond donors (Lipinski definition) is 0. The van der Waals surface area contributed by atoms with Crippen LogP contribution in [0.25, 0.3) is 0 Å². The van der Waals surface area contributed by atoms with Crippen molar-refractivity contribution in [3.8, 4) is 6.07 Å². The van der Waals surface area contributed by atoms with E-state index in [9.17, 15) is 0 Å². The highest BCUT2D eigenvalue weighted by Crippen LogP contribution is 2.18. The molecule has 0 radical (unpaired) electrons. The van der Waals surface area contributed by atoms with Crippen molar-refractivity contribution < 1.29 is 0 Å². The number of nitrogens with zero attached hydrogens (tertiary/aromatic N) is 6. The van der Waals surface area contributed by atoms with Gasteiger partial charge >= 0.3 is 0 Å². The Morgan fingerprint density at radius 1 is 1.38 bits per heavy atom. The Hall–Kier alpha value is -2.68. The van der Waals surface area contributed by atoms with Crippen LogP contribution in [-0.4, -0.2) is 34.2 Å². The highest BCUT2D eigenvalue weighted by molar-refractivity contribution is 5.82. The molecular formula is C15H18N6. The molecule has 2 aromatic rings. The van der Waals surface area contributed by atoms with E-state index in [4.69, 9.17) is 5.26 Å². The molecule has 0 aliphatic rings. The molecule has 6 nitrogen and oxygen atoms in total. The summed E-state index contributed by atoms with van der Waals surface area (Å²) >= 11 is 0. The molecule has 1 heterocycles. The number of hydrogen-bond acceptors (Lipinski definition) is 5. The number of benzene rings is 1. The standard InChI is InChI=1S/C15H18N6/c1-3-20(8-4-7-16)15-6-5-14(13(2)9-15)10-19-21-11-17-18-12-21/h5-6,9-12H,3-4,8H2,1-2H3/b19-10-. The van der Waals surface area contributed by atoms with E-state index < -0.39 is 0 Å². The normalized spacial score (nSPS) is 10.7.